The summed E-state index contributed by atoms with van der Waals surface area (Å²) in [4.78, 5) is 113. The van der Waals surface area contributed by atoms with E-state index in [1.54, 1.807) is 24.3 Å². The molecule has 3 aliphatic rings. The molecule has 0 radical (unpaired) electrons. The van der Waals surface area contributed by atoms with Crippen molar-refractivity contribution in [2.75, 3.05) is 32.8 Å². The summed E-state index contributed by atoms with van der Waals surface area (Å²) >= 11 is 0. The van der Waals surface area contributed by atoms with E-state index >= 15 is 0 Å². The third-order valence-corrected chi connectivity index (χ3v) is 14.6. The number of hydrogen-bond donors (Lipinski definition) is 16. The minimum atomic E-state index is -1.81. The number of carbonyl (C=O) groups is 8. The fourth-order valence-corrected chi connectivity index (χ4v) is 10.2. The second kappa shape index (κ2) is 31.3. The Balaban J connectivity index is 1.42. The second-order valence-electron chi connectivity index (χ2n) is 21.7. The highest BCUT2D eigenvalue weighted by Crippen LogP contribution is 2.61. The molecule has 1 saturated carbocycles. The Labute approximate surface area is 470 Å². The smallest absolute Gasteiger partial charge is 0.407 e. The highest BCUT2D eigenvalue weighted by molar-refractivity contribution is 5.94. The van der Waals surface area contributed by atoms with Gasteiger partial charge in [0.15, 0.2) is 11.9 Å². The molecule has 1 aliphatic carbocycles. The van der Waals surface area contributed by atoms with E-state index in [0.29, 0.717) is 30.9 Å². The lowest BCUT2D eigenvalue weighted by molar-refractivity contribution is -0.141. The molecule has 3 fully saturated rings. The minimum Gasteiger partial charge on any atom is -0.481 e. The minimum absolute atomic E-state index is 0.0126. The number of nitrogens with one attached hydrogen (secondary N) is 7. The number of nitrogens with two attached hydrogens (primary N) is 5. The molecule has 81 heavy (non-hydrogen) atoms. The topological polar surface area (TPSA) is 491 Å². The summed E-state index contributed by atoms with van der Waals surface area (Å²) in [6.07, 6.45) is -3.27. The standard InChI is InChI=1S/C52H86N14O15/c1-27(2)10-16-37-51(5,81-37)42-29(4)36(18-19-52(42)26-79-52)80-50(78)61-25-39(68)62-32(8-6-20-58-48(54)55)44(74)60-24-38(67)63-35(23-41(71)72)47(77)66-34(22-30-13-11-28(3)12-14-30)46(76)65-33(9-7-21-59-49(56)57)45(75)64-31(43(53)73)15-17-40(69)70/h11-14,27,29,31-38,42-43,63,67,73H,6-10,15-26,53H2,1-5H3,(H,60,74)(H,61,78)(H,62,68)(H,64,75)(H,65,76)(H,66,77)(H,69,70)(H,71,72)(H4,54,55,58)(H4,56,57,59)/t29-,31+,32+,33+,34+,35+,36-,37-,38-,42-,43-,51+,52+/m1/s1. The number of benzene rings is 1. The third kappa shape index (κ3) is 22.2. The van der Waals surface area contributed by atoms with Crippen LogP contribution in [0.5, 0.6) is 0 Å². The van der Waals surface area contributed by atoms with E-state index in [1.807, 2.05) is 13.8 Å². The highest BCUT2D eigenvalue weighted by atomic mass is 16.6. The van der Waals surface area contributed by atoms with E-state index in [-0.39, 0.29) is 87.1 Å². The average molecular weight is 1150 g/mol. The monoisotopic (exact) mass is 1150 g/mol. The van der Waals surface area contributed by atoms with E-state index in [2.05, 4.69) is 68.0 Å². The number of carbonyl (C=O) groups excluding carboxylic acids is 6. The summed E-state index contributed by atoms with van der Waals surface area (Å²) in [5, 5.41) is 57.7. The molecule has 13 atom stereocenters. The Morgan fingerprint density at radius 3 is 1.91 bits per heavy atom. The van der Waals surface area contributed by atoms with Crippen molar-refractivity contribution >= 4 is 59.5 Å². The number of carboxylic acid groups (broad SMARTS) is 2. The molecule has 29 heteroatoms. The quantitative estimate of drug-likeness (QED) is 0.0107. The van der Waals surface area contributed by atoms with E-state index < -0.39 is 128 Å². The predicted octanol–water partition coefficient (Wildman–Crippen LogP) is -2.90. The number of epoxide rings is 2. The number of alkyl carbamates (subject to hydrolysis) is 1. The van der Waals surface area contributed by atoms with Crippen molar-refractivity contribution in [2.24, 2.45) is 56.4 Å². The first kappa shape index (κ1) is 66.6. The maximum absolute atomic E-state index is 14.2. The molecule has 2 heterocycles. The Morgan fingerprint density at radius 2 is 1.36 bits per heavy atom. The molecule has 0 unspecified atom stereocenters. The van der Waals surface area contributed by atoms with Gasteiger partial charge in [0.25, 0.3) is 0 Å². The summed E-state index contributed by atoms with van der Waals surface area (Å²) in [7, 11) is 0. The number of aliphatic imine (C=N–C) groups is 2. The summed E-state index contributed by atoms with van der Waals surface area (Å²) in [5.41, 5.74) is 28.1. The molecule has 0 aromatic heterocycles. The summed E-state index contributed by atoms with van der Waals surface area (Å²) in [5.74, 6) is -7.26. The van der Waals surface area contributed by atoms with Crippen LogP contribution in [0.4, 0.5) is 4.79 Å². The number of aliphatic hydroxyl groups is 2. The van der Waals surface area contributed by atoms with Crippen molar-refractivity contribution in [3.05, 3.63) is 35.4 Å². The normalized spacial score (nSPS) is 23.4. The van der Waals surface area contributed by atoms with Gasteiger partial charge in [0, 0.05) is 37.8 Å². The Bertz CT molecular complexity index is 2370. The zero-order valence-corrected chi connectivity index (χ0v) is 46.8. The molecule has 29 nitrogen and oxygen atoms in total. The Kier molecular flexibility index (Phi) is 25.8. The van der Waals surface area contributed by atoms with Crippen LogP contribution in [-0.2, 0) is 54.2 Å². The van der Waals surface area contributed by atoms with E-state index in [0.717, 1.165) is 18.4 Å². The number of ether oxygens (including phenoxy) is 3. The number of guanidine groups is 2. The first-order valence-corrected chi connectivity index (χ1v) is 27.3. The van der Waals surface area contributed by atoms with Crippen molar-refractivity contribution < 1.29 is 73.0 Å². The molecule has 0 bridgehead atoms. The zero-order chi connectivity index (χ0) is 60.2. The Morgan fingerprint density at radius 1 is 0.778 bits per heavy atom. The molecule has 2 saturated heterocycles. The van der Waals surface area contributed by atoms with Gasteiger partial charge < -0.3 is 95.2 Å². The molecule has 454 valence electrons. The molecule has 2 aliphatic heterocycles. The largest absolute Gasteiger partial charge is 0.481 e. The van der Waals surface area contributed by atoms with Gasteiger partial charge in [0.05, 0.1) is 49.0 Å². The first-order chi connectivity index (χ1) is 38.1. The second-order valence-corrected chi connectivity index (χ2v) is 21.7. The summed E-state index contributed by atoms with van der Waals surface area (Å²) in [6, 6.07) is -0.319. The molecule has 1 spiro atoms. The van der Waals surface area contributed by atoms with Crippen LogP contribution in [0.3, 0.4) is 0 Å². The van der Waals surface area contributed by atoms with Crippen LogP contribution >= 0.6 is 0 Å². The maximum Gasteiger partial charge on any atom is 0.407 e. The zero-order valence-electron chi connectivity index (χ0n) is 46.8. The number of rotatable bonds is 35. The van der Waals surface area contributed by atoms with Crippen LogP contribution in [-0.4, -0.2) is 179 Å². The van der Waals surface area contributed by atoms with Crippen molar-refractivity contribution in [3.63, 3.8) is 0 Å². The summed E-state index contributed by atoms with van der Waals surface area (Å²) < 4.78 is 18.2. The average Bonchev–Trinajstić information content (AvgIpc) is 2.95. The fourth-order valence-electron chi connectivity index (χ4n) is 10.2. The lowest BCUT2D eigenvalue weighted by Gasteiger charge is -2.42. The van der Waals surface area contributed by atoms with Crippen molar-refractivity contribution in [1.82, 2.24) is 37.2 Å². The van der Waals surface area contributed by atoms with E-state index in [1.165, 1.54) is 0 Å². The molecule has 21 N–H and O–H groups in total. The SMILES string of the molecule is Cc1ccc(C[C@H](NC(=O)[C@H](CC(=O)O)N[C@H](O)CNC(=O)[C@H](CCCN=C(N)N)NC(=O)CNC(=O)O[C@@H]2CC[C@]3(CO3)[C@@H]([C@@]3(C)O[C@@H]3CCC(C)C)[C@@H]2C)C(=O)N[C@@H](CCCN=C(N)N)C(=O)N[C@@H](CCC(=O)O)[C@H](N)O)cc1. The summed E-state index contributed by atoms with van der Waals surface area (Å²) in [6.45, 7) is 9.75. The van der Waals surface area contributed by atoms with Gasteiger partial charge in [-0.05, 0) is 83.1 Å². The Hall–Kier alpha value is -6.92. The van der Waals surface area contributed by atoms with E-state index in [4.69, 9.17) is 42.9 Å². The van der Waals surface area contributed by atoms with Gasteiger partial charge in [-0.2, -0.15) is 0 Å². The number of nitrogens with zero attached hydrogens (tertiary/aromatic N) is 2. The van der Waals surface area contributed by atoms with Crippen molar-refractivity contribution in [3.8, 4) is 0 Å². The van der Waals surface area contributed by atoms with Gasteiger partial charge in [-0.15, -0.1) is 0 Å². The predicted molar refractivity (Wildman–Crippen MR) is 294 cm³/mol. The molecule has 4 rings (SSSR count). The van der Waals surface area contributed by atoms with Gasteiger partial charge in [-0.3, -0.25) is 48.9 Å². The van der Waals surface area contributed by atoms with Crippen LogP contribution in [0.25, 0.3) is 0 Å². The van der Waals surface area contributed by atoms with Crippen LogP contribution in [0.1, 0.15) is 109 Å². The van der Waals surface area contributed by atoms with Crippen molar-refractivity contribution in [1.29, 1.82) is 0 Å². The number of carboxylic acids is 2. The molecular weight excluding hydrogens is 1060 g/mol. The number of aliphatic hydroxyl groups excluding tert-OH is 2. The maximum atomic E-state index is 14.2. The number of hydrogen-bond acceptors (Lipinski definition) is 17. The van der Waals surface area contributed by atoms with Gasteiger partial charge >= 0.3 is 18.0 Å². The lowest BCUT2D eigenvalue weighted by atomic mass is 9.64. The fraction of sp³-hybridized carbons (Fsp3) is 0.692. The number of amides is 6. The van der Waals surface area contributed by atoms with Crippen molar-refractivity contribution in [2.45, 2.75) is 178 Å². The van der Waals surface area contributed by atoms with Gasteiger partial charge in [-0.25, -0.2) is 4.79 Å². The highest BCUT2D eigenvalue weighted by Gasteiger charge is 2.71. The van der Waals surface area contributed by atoms with Crippen LogP contribution in [0, 0.1) is 24.7 Å². The number of aliphatic carboxylic acids is 2. The molecule has 6 amide bonds. The third-order valence-electron chi connectivity index (χ3n) is 14.6. The first-order valence-electron chi connectivity index (χ1n) is 27.3. The van der Waals surface area contributed by atoms with Gasteiger partial charge in [-0.1, -0.05) is 50.6 Å². The molecule has 1 aromatic rings. The lowest BCUT2D eigenvalue weighted by Crippen LogP contribution is -2.60. The number of aryl methyl sites for hydroxylation is 1. The van der Waals surface area contributed by atoms with E-state index in [9.17, 15) is 58.8 Å². The van der Waals surface area contributed by atoms with Gasteiger partial charge in [0.1, 0.15) is 43.2 Å². The van der Waals surface area contributed by atoms with Gasteiger partial charge in [0.2, 0.25) is 29.5 Å². The van der Waals surface area contributed by atoms with Crippen LogP contribution in [0.15, 0.2) is 34.3 Å². The van der Waals surface area contributed by atoms with Crippen LogP contribution < -0.4 is 65.9 Å². The molecular formula is C52H86N14O15. The molecule has 1 aromatic carbocycles. The van der Waals surface area contributed by atoms with Crippen LogP contribution in [0.2, 0.25) is 0 Å².